The molecule has 1 fully saturated rings. The van der Waals surface area contributed by atoms with Crippen LogP contribution in [0.2, 0.25) is 5.02 Å². The topological polar surface area (TPSA) is 36.4 Å². The van der Waals surface area contributed by atoms with Crippen molar-refractivity contribution in [2.24, 2.45) is 0 Å². The minimum atomic E-state index is -4.55. The molecule has 4 nitrogen and oxygen atoms in total. The average molecular weight is 406 g/mol. The van der Waals surface area contributed by atoms with E-state index in [1.807, 2.05) is 0 Å². The zero-order valence-corrected chi connectivity index (χ0v) is 14.5. The summed E-state index contributed by atoms with van der Waals surface area (Å²) in [6, 6.07) is 3.43. The van der Waals surface area contributed by atoms with Gasteiger partial charge in [-0.05, 0) is 24.3 Å². The number of nitrogens with zero attached hydrogens (tertiary/aromatic N) is 3. The third kappa shape index (κ3) is 4.13. The van der Waals surface area contributed by atoms with Crippen molar-refractivity contribution in [3.05, 3.63) is 58.2 Å². The molecule has 1 aromatic carbocycles. The highest BCUT2D eigenvalue weighted by atomic mass is 35.5. The first-order chi connectivity index (χ1) is 12.7. The van der Waals surface area contributed by atoms with Crippen molar-refractivity contribution in [3.8, 4) is 0 Å². The van der Waals surface area contributed by atoms with Gasteiger partial charge in [-0.2, -0.15) is 13.2 Å². The monoisotopic (exact) mass is 405 g/mol. The number of pyridine rings is 1. The summed E-state index contributed by atoms with van der Waals surface area (Å²) in [7, 11) is 0. The summed E-state index contributed by atoms with van der Waals surface area (Å²) in [5.74, 6) is -2.03. The maximum atomic E-state index is 13.8. The van der Waals surface area contributed by atoms with E-state index < -0.39 is 29.3 Å². The van der Waals surface area contributed by atoms with Crippen LogP contribution < -0.4 is 4.90 Å². The smallest absolute Gasteiger partial charge is 0.352 e. The first-order valence-electron chi connectivity index (χ1n) is 7.89. The van der Waals surface area contributed by atoms with E-state index in [1.165, 1.54) is 4.90 Å². The van der Waals surface area contributed by atoms with E-state index in [9.17, 15) is 26.7 Å². The summed E-state index contributed by atoms with van der Waals surface area (Å²) >= 11 is 5.93. The molecule has 1 saturated heterocycles. The van der Waals surface area contributed by atoms with Gasteiger partial charge >= 0.3 is 6.18 Å². The van der Waals surface area contributed by atoms with Crippen LogP contribution in [0.3, 0.4) is 0 Å². The number of aromatic nitrogens is 1. The Labute approximate surface area is 156 Å². The van der Waals surface area contributed by atoms with Crippen LogP contribution in [-0.2, 0) is 6.18 Å². The Bertz CT molecular complexity index is 866. The van der Waals surface area contributed by atoms with Gasteiger partial charge < -0.3 is 9.80 Å². The summed E-state index contributed by atoms with van der Waals surface area (Å²) in [5, 5.41) is -0.152. The van der Waals surface area contributed by atoms with Crippen molar-refractivity contribution in [1.82, 2.24) is 9.88 Å². The summed E-state index contributed by atoms with van der Waals surface area (Å²) in [5.41, 5.74) is -1.32. The van der Waals surface area contributed by atoms with Crippen molar-refractivity contribution >= 4 is 23.3 Å². The lowest BCUT2D eigenvalue weighted by atomic mass is 10.1. The van der Waals surface area contributed by atoms with Crippen LogP contribution in [0.5, 0.6) is 0 Å². The number of carbonyl (C=O) groups is 1. The zero-order chi connectivity index (χ0) is 19.8. The maximum Gasteiger partial charge on any atom is 0.417 e. The van der Waals surface area contributed by atoms with E-state index in [-0.39, 0.29) is 42.6 Å². The number of hydrogen-bond acceptors (Lipinski definition) is 3. The Balaban J connectivity index is 1.70. The van der Waals surface area contributed by atoms with E-state index in [4.69, 9.17) is 11.6 Å². The maximum absolute atomic E-state index is 13.8. The number of piperazine rings is 1. The van der Waals surface area contributed by atoms with Gasteiger partial charge in [0, 0.05) is 32.4 Å². The molecule has 10 heteroatoms. The summed E-state index contributed by atoms with van der Waals surface area (Å²) in [6.07, 6.45) is -3.85. The summed E-state index contributed by atoms with van der Waals surface area (Å²) < 4.78 is 65.1. The van der Waals surface area contributed by atoms with E-state index in [0.717, 1.165) is 24.3 Å². The SMILES string of the molecule is O=C(c1cc(F)ccc1F)N1CCN(c2ncc(C(F)(F)F)cc2Cl)CC1. The summed E-state index contributed by atoms with van der Waals surface area (Å²) in [6.45, 7) is 0.795. The highest BCUT2D eigenvalue weighted by molar-refractivity contribution is 6.33. The van der Waals surface area contributed by atoms with Gasteiger partial charge in [-0.25, -0.2) is 13.8 Å². The predicted octanol–water partition coefficient (Wildman–Crippen LogP) is 3.99. The third-order valence-corrected chi connectivity index (χ3v) is 4.45. The Morgan fingerprint density at radius 3 is 2.33 bits per heavy atom. The fraction of sp³-hybridized carbons (Fsp3) is 0.294. The van der Waals surface area contributed by atoms with Gasteiger partial charge in [0.25, 0.3) is 5.91 Å². The lowest BCUT2D eigenvalue weighted by Gasteiger charge is -2.35. The lowest BCUT2D eigenvalue weighted by molar-refractivity contribution is -0.137. The molecule has 1 aromatic heterocycles. The van der Waals surface area contributed by atoms with E-state index in [2.05, 4.69) is 4.98 Å². The quantitative estimate of drug-likeness (QED) is 0.709. The van der Waals surface area contributed by atoms with Crippen molar-refractivity contribution < 1.29 is 26.7 Å². The van der Waals surface area contributed by atoms with Crippen molar-refractivity contribution in [2.75, 3.05) is 31.1 Å². The molecule has 0 unspecified atom stereocenters. The molecule has 3 rings (SSSR count). The third-order valence-electron chi connectivity index (χ3n) is 4.17. The van der Waals surface area contributed by atoms with Crippen LogP contribution in [-0.4, -0.2) is 42.0 Å². The van der Waals surface area contributed by atoms with Crippen LogP contribution in [0.1, 0.15) is 15.9 Å². The van der Waals surface area contributed by atoms with E-state index in [0.29, 0.717) is 6.20 Å². The fourth-order valence-corrected chi connectivity index (χ4v) is 3.06. The first kappa shape index (κ1) is 19.3. The van der Waals surface area contributed by atoms with Crippen molar-refractivity contribution in [3.63, 3.8) is 0 Å². The second-order valence-corrected chi connectivity index (χ2v) is 6.34. The van der Waals surface area contributed by atoms with Crippen molar-refractivity contribution in [2.45, 2.75) is 6.18 Å². The normalized spacial score (nSPS) is 15.2. The number of rotatable bonds is 2. The second kappa shape index (κ2) is 7.30. The Kier molecular flexibility index (Phi) is 5.23. The Morgan fingerprint density at radius 1 is 1.07 bits per heavy atom. The average Bonchev–Trinajstić information content (AvgIpc) is 2.62. The van der Waals surface area contributed by atoms with Gasteiger partial charge in [0.05, 0.1) is 16.1 Å². The molecule has 1 aliphatic rings. The molecule has 1 amide bonds. The molecule has 2 heterocycles. The number of carbonyl (C=O) groups excluding carboxylic acids is 1. The standard InChI is InChI=1S/C17H13ClF5N3O/c18-13-7-10(17(21,22)23)9-24-15(13)25-3-5-26(6-4-25)16(27)12-8-11(19)1-2-14(12)20/h1-2,7-9H,3-6H2. The number of anilines is 1. The van der Waals surface area contributed by atoms with Gasteiger partial charge in [0.2, 0.25) is 0 Å². The van der Waals surface area contributed by atoms with Crippen LogP contribution in [0.25, 0.3) is 0 Å². The number of alkyl halides is 3. The summed E-state index contributed by atoms with van der Waals surface area (Å²) in [4.78, 5) is 19.1. The first-order valence-corrected chi connectivity index (χ1v) is 8.26. The van der Waals surface area contributed by atoms with Crippen LogP contribution in [0.15, 0.2) is 30.5 Å². The molecule has 2 aromatic rings. The van der Waals surface area contributed by atoms with E-state index in [1.54, 1.807) is 4.90 Å². The van der Waals surface area contributed by atoms with Crippen LogP contribution in [0.4, 0.5) is 27.8 Å². The number of halogens is 6. The molecule has 144 valence electrons. The Morgan fingerprint density at radius 2 is 1.74 bits per heavy atom. The minimum Gasteiger partial charge on any atom is -0.352 e. The largest absolute Gasteiger partial charge is 0.417 e. The molecular formula is C17H13ClF5N3O. The number of amides is 1. The highest BCUT2D eigenvalue weighted by Gasteiger charge is 2.32. The van der Waals surface area contributed by atoms with Crippen LogP contribution in [0, 0.1) is 11.6 Å². The molecule has 1 aliphatic heterocycles. The van der Waals surface area contributed by atoms with Crippen LogP contribution >= 0.6 is 11.6 Å². The van der Waals surface area contributed by atoms with Gasteiger partial charge in [0.1, 0.15) is 17.5 Å². The highest BCUT2D eigenvalue weighted by Crippen LogP contribution is 2.33. The second-order valence-electron chi connectivity index (χ2n) is 5.93. The zero-order valence-electron chi connectivity index (χ0n) is 13.7. The van der Waals surface area contributed by atoms with Gasteiger partial charge in [-0.3, -0.25) is 4.79 Å². The number of hydrogen-bond donors (Lipinski definition) is 0. The number of benzene rings is 1. The molecule has 0 aliphatic carbocycles. The van der Waals surface area contributed by atoms with Gasteiger partial charge in [0.15, 0.2) is 0 Å². The predicted molar refractivity (Wildman–Crippen MR) is 88.7 cm³/mol. The molecule has 0 bridgehead atoms. The van der Waals surface area contributed by atoms with Crippen molar-refractivity contribution in [1.29, 1.82) is 0 Å². The molecule has 0 spiro atoms. The molecule has 27 heavy (non-hydrogen) atoms. The van der Waals surface area contributed by atoms with E-state index >= 15 is 0 Å². The molecular weight excluding hydrogens is 393 g/mol. The Hall–Kier alpha value is -2.42. The fourth-order valence-electron chi connectivity index (χ4n) is 2.77. The minimum absolute atomic E-state index is 0.152. The lowest BCUT2D eigenvalue weighted by Crippen LogP contribution is -2.49. The molecule has 0 N–H and O–H groups in total. The molecule has 0 atom stereocenters. The molecule has 0 saturated carbocycles. The molecule has 0 radical (unpaired) electrons. The van der Waals surface area contributed by atoms with Gasteiger partial charge in [-0.1, -0.05) is 11.6 Å². The van der Waals surface area contributed by atoms with Gasteiger partial charge in [-0.15, -0.1) is 0 Å².